The van der Waals surface area contributed by atoms with Crippen molar-refractivity contribution in [2.75, 3.05) is 19.3 Å². The summed E-state index contributed by atoms with van der Waals surface area (Å²) in [6, 6.07) is 23.3. The first-order chi connectivity index (χ1) is 14.2. The van der Waals surface area contributed by atoms with Gasteiger partial charge in [-0.05, 0) is 47.9 Å². The van der Waals surface area contributed by atoms with Crippen LogP contribution in [0.25, 0.3) is 11.1 Å². The van der Waals surface area contributed by atoms with E-state index in [1.54, 1.807) is 17.8 Å². The predicted octanol–water partition coefficient (Wildman–Crippen LogP) is 4.86. The molecule has 1 aromatic heterocycles. The summed E-state index contributed by atoms with van der Waals surface area (Å²) in [6.07, 6.45) is 3.28. The second kappa shape index (κ2) is 7.85. The number of piperidine rings is 1. The Bertz CT molecular complexity index is 1060. The molecule has 29 heavy (non-hydrogen) atoms. The average Bonchev–Trinajstić information content (AvgIpc) is 2.75. The molecule has 5 rings (SSSR count). The molecule has 0 saturated carbocycles. The highest BCUT2D eigenvalue weighted by molar-refractivity contribution is 7.98. The molecule has 0 amide bonds. The molecule has 148 valence electrons. The van der Waals surface area contributed by atoms with Crippen LogP contribution >= 0.6 is 11.8 Å². The van der Waals surface area contributed by atoms with Crippen molar-refractivity contribution in [2.24, 2.45) is 5.92 Å². The molecule has 1 fully saturated rings. The molecule has 4 heteroatoms. The summed E-state index contributed by atoms with van der Waals surface area (Å²) in [4.78, 5) is 16.5. The molecule has 0 spiro atoms. The lowest BCUT2D eigenvalue weighted by molar-refractivity contribution is 0.115. The first-order valence-electron chi connectivity index (χ1n) is 10.4. The number of hydrogen-bond donors (Lipinski definition) is 0. The molecule has 2 aliphatic heterocycles. The van der Waals surface area contributed by atoms with Crippen molar-refractivity contribution in [2.45, 2.75) is 30.3 Å². The van der Waals surface area contributed by atoms with Gasteiger partial charge in [-0.25, -0.2) is 0 Å². The third-order valence-electron chi connectivity index (χ3n) is 6.32. The Hall–Kier alpha value is -2.30. The first kappa shape index (κ1) is 18.7. The number of fused-ring (bicyclic) bond motifs is 4. The van der Waals surface area contributed by atoms with Gasteiger partial charge in [0.25, 0.3) is 5.56 Å². The second-order valence-electron chi connectivity index (χ2n) is 8.29. The van der Waals surface area contributed by atoms with E-state index >= 15 is 0 Å². The fraction of sp³-hybridized carbons (Fsp3) is 0.320. The molecule has 2 aromatic carbocycles. The van der Waals surface area contributed by atoms with Gasteiger partial charge in [-0.15, -0.1) is 11.8 Å². The van der Waals surface area contributed by atoms with E-state index in [0.29, 0.717) is 11.8 Å². The van der Waals surface area contributed by atoms with Gasteiger partial charge in [0.2, 0.25) is 0 Å². The summed E-state index contributed by atoms with van der Waals surface area (Å²) in [5.41, 5.74) is 5.19. The van der Waals surface area contributed by atoms with Crippen molar-refractivity contribution in [1.82, 2.24) is 9.47 Å². The summed E-state index contributed by atoms with van der Waals surface area (Å²) < 4.78 is 2.07. The van der Waals surface area contributed by atoms with E-state index in [0.717, 1.165) is 26.2 Å². The zero-order valence-electron chi connectivity index (χ0n) is 16.8. The fourth-order valence-electron chi connectivity index (χ4n) is 5.10. The first-order valence-corrected chi connectivity index (χ1v) is 11.6. The number of thioether (sulfide) groups is 1. The molecule has 2 bridgehead atoms. The van der Waals surface area contributed by atoms with Gasteiger partial charge in [0.05, 0.1) is 0 Å². The molecule has 2 atom stereocenters. The van der Waals surface area contributed by atoms with E-state index in [-0.39, 0.29) is 5.56 Å². The fourth-order valence-corrected chi connectivity index (χ4v) is 5.51. The Labute approximate surface area is 176 Å². The van der Waals surface area contributed by atoms with Crippen LogP contribution in [0, 0.1) is 5.92 Å². The van der Waals surface area contributed by atoms with Crippen molar-refractivity contribution in [3.8, 4) is 11.1 Å². The Morgan fingerprint density at radius 2 is 1.72 bits per heavy atom. The van der Waals surface area contributed by atoms with Crippen LogP contribution in [0.15, 0.2) is 76.4 Å². The van der Waals surface area contributed by atoms with Crippen LogP contribution in [-0.4, -0.2) is 28.8 Å². The standard InChI is InChI=1S/C25H26N2OS/c1-29-22-9-7-20(8-10-22)23-11-12-24(28)27-16-19-13-21(25(23)27)17-26(15-19)14-18-5-3-2-4-6-18/h2-12,19,21H,13-17H2,1H3/t19-,21+/m0/s1. The zero-order chi connectivity index (χ0) is 19.8. The van der Waals surface area contributed by atoms with E-state index in [2.05, 4.69) is 70.3 Å². The van der Waals surface area contributed by atoms with E-state index < -0.39 is 0 Å². The van der Waals surface area contributed by atoms with Crippen LogP contribution in [0.2, 0.25) is 0 Å². The lowest BCUT2D eigenvalue weighted by Gasteiger charge is -2.43. The molecule has 3 nitrogen and oxygen atoms in total. The van der Waals surface area contributed by atoms with Gasteiger partial charge in [0.1, 0.15) is 0 Å². The summed E-state index contributed by atoms with van der Waals surface area (Å²) >= 11 is 1.76. The topological polar surface area (TPSA) is 25.2 Å². The number of nitrogens with zero attached hydrogens (tertiary/aromatic N) is 2. The summed E-state index contributed by atoms with van der Waals surface area (Å²) in [5.74, 6) is 0.965. The maximum Gasteiger partial charge on any atom is 0.250 e. The number of pyridine rings is 1. The Morgan fingerprint density at radius 1 is 0.931 bits per heavy atom. The van der Waals surface area contributed by atoms with E-state index in [9.17, 15) is 4.79 Å². The van der Waals surface area contributed by atoms with Crippen LogP contribution < -0.4 is 5.56 Å². The number of likely N-dealkylation sites (tertiary alicyclic amines) is 1. The highest BCUT2D eigenvalue weighted by atomic mass is 32.2. The van der Waals surface area contributed by atoms with Gasteiger partial charge in [-0.3, -0.25) is 9.69 Å². The molecular weight excluding hydrogens is 376 g/mol. The molecule has 0 N–H and O–H groups in total. The van der Waals surface area contributed by atoms with Gasteiger partial charge in [0.15, 0.2) is 0 Å². The zero-order valence-corrected chi connectivity index (χ0v) is 17.6. The number of benzene rings is 2. The second-order valence-corrected chi connectivity index (χ2v) is 9.17. The highest BCUT2D eigenvalue weighted by Gasteiger charge is 2.36. The van der Waals surface area contributed by atoms with Gasteiger partial charge in [-0.1, -0.05) is 42.5 Å². The molecule has 0 aliphatic carbocycles. The lowest BCUT2D eigenvalue weighted by atomic mass is 9.80. The van der Waals surface area contributed by atoms with E-state index in [4.69, 9.17) is 0 Å². The molecule has 3 aromatic rings. The highest BCUT2D eigenvalue weighted by Crippen LogP contribution is 2.40. The number of rotatable bonds is 4. The predicted molar refractivity (Wildman–Crippen MR) is 120 cm³/mol. The Kier molecular flexibility index (Phi) is 5.06. The van der Waals surface area contributed by atoms with Gasteiger partial charge in [-0.2, -0.15) is 0 Å². The minimum atomic E-state index is 0.149. The van der Waals surface area contributed by atoms with E-state index in [1.807, 2.05) is 6.07 Å². The third kappa shape index (κ3) is 3.67. The number of aromatic nitrogens is 1. The molecule has 0 radical (unpaired) electrons. The minimum absolute atomic E-state index is 0.149. The largest absolute Gasteiger partial charge is 0.311 e. The van der Waals surface area contributed by atoms with Crippen LogP contribution in [0.3, 0.4) is 0 Å². The van der Waals surface area contributed by atoms with Gasteiger partial charge >= 0.3 is 0 Å². The summed E-state index contributed by atoms with van der Waals surface area (Å²) in [6.45, 7) is 3.92. The monoisotopic (exact) mass is 402 g/mol. The maximum absolute atomic E-state index is 12.7. The third-order valence-corrected chi connectivity index (χ3v) is 7.06. The lowest BCUT2D eigenvalue weighted by Crippen LogP contribution is -2.47. The normalized spacial score (nSPS) is 21.0. The maximum atomic E-state index is 12.7. The van der Waals surface area contributed by atoms with Gasteiger partial charge in [0, 0.05) is 54.3 Å². The number of hydrogen-bond acceptors (Lipinski definition) is 3. The Morgan fingerprint density at radius 3 is 2.48 bits per heavy atom. The van der Waals surface area contributed by atoms with Crippen molar-refractivity contribution >= 4 is 11.8 Å². The van der Waals surface area contributed by atoms with Crippen LogP contribution in [0.1, 0.15) is 23.6 Å². The molecular formula is C25H26N2OS. The van der Waals surface area contributed by atoms with Crippen molar-refractivity contribution < 1.29 is 0 Å². The minimum Gasteiger partial charge on any atom is -0.311 e. The summed E-state index contributed by atoms with van der Waals surface area (Å²) in [7, 11) is 0. The van der Waals surface area contributed by atoms with Crippen molar-refractivity contribution in [3.63, 3.8) is 0 Å². The van der Waals surface area contributed by atoms with Crippen LogP contribution in [0.4, 0.5) is 0 Å². The smallest absolute Gasteiger partial charge is 0.250 e. The molecule has 0 unspecified atom stereocenters. The van der Waals surface area contributed by atoms with E-state index in [1.165, 1.54) is 33.7 Å². The molecule has 2 aliphatic rings. The van der Waals surface area contributed by atoms with Crippen molar-refractivity contribution in [1.29, 1.82) is 0 Å². The SMILES string of the molecule is CSc1ccc(-c2ccc(=O)n3c2[C@@H]2C[C@@H](CN(Cc4ccccc4)C2)C3)cc1. The van der Waals surface area contributed by atoms with Gasteiger partial charge < -0.3 is 4.57 Å². The molecule has 1 saturated heterocycles. The quantitative estimate of drug-likeness (QED) is 0.583. The Balaban J connectivity index is 1.50. The van der Waals surface area contributed by atoms with Crippen molar-refractivity contribution in [3.05, 3.63) is 88.3 Å². The summed E-state index contributed by atoms with van der Waals surface area (Å²) in [5, 5.41) is 0. The molecule has 3 heterocycles. The average molecular weight is 403 g/mol. The van der Waals surface area contributed by atoms with Crippen LogP contribution in [-0.2, 0) is 13.1 Å². The van der Waals surface area contributed by atoms with Crippen LogP contribution in [0.5, 0.6) is 0 Å².